The van der Waals surface area contributed by atoms with E-state index in [2.05, 4.69) is 0 Å². The molecule has 0 amide bonds. The minimum atomic E-state index is -3.62. The summed E-state index contributed by atoms with van der Waals surface area (Å²) in [5.41, 5.74) is 0.664. The van der Waals surface area contributed by atoms with Crippen LogP contribution in [0.3, 0.4) is 0 Å². The number of thioether (sulfide) groups is 1. The van der Waals surface area contributed by atoms with E-state index in [0.717, 1.165) is 10.6 Å². The van der Waals surface area contributed by atoms with Crippen LogP contribution >= 0.6 is 11.8 Å². The Bertz CT molecular complexity index is 978. The van der Waals surface area contributed by atoms with Gasteiger partial charge in [-0.25, -0.2) is 8.42 Å². The van der Waals surface area contributed by atoms with Crippen molar-refractivity contribution in [3.63, 3.8) is 0 Å². The summed E-state index contributed by atoms with van der Waals surface area (Å²) in [5.74, 6) is 0.763. The lowest BCUT2D eigenvalue weighted by Crippen LogP contribution is -2.04. The fraction of sp³-hybridized carbons (Fsp3) is 0.0476. The van der Waals surface area contributed by atoms with Crippen LogP contribution in [-0.4, -0.2) is 15.5 Å². The van der Waals surface area contributed by atoms with E-state index < -0.39 is 9.84 Å². The zero-order chi connectivity index (χ0) is 18.4. The highest BCUT2D eigenvalue weighted by molar-refractivity contribution is 8.05. The van der Waals surface area contributed by atoms with E-state index in [9.17, 15) is 8.42 Å². The molecule has 0 bridgehead atoms. The van der Waals surface area contributed by atoms with E-state index in [0.29, 0.717) is 5.56 Å². The summed E-state index contributed by atoms with van der Waals surface area (Å²) in [6.45, 7) is 0. The molecule has 3 aromatic rings. The summed E-state index contributed by atoms with van der Waals surface area (Å²) < 4.78 is 31.5. The molecule has 0 fully saturated rings. The van der Waals surface area contributed by atoms with Crippen LogP contribution in [0.2, 0.25) is 0 Å². The summed E-state index contributed by atoms with van der Waals surface area (Å²) in [4.78, 5) is 1.50. The van der Waals surface area contributed by atoms with Crippen LogP contribution < -0.4 is 4.74 Å². The molecule has 0 unspecified atom stereocenters. The zero-order valence-corrected chi connectivity index (χ0v) is 15.8. The van der Waals surface area contributed by atoms with Crippen LogP contribution in [0.5, 0.6) is 5.75 Å². The SMILES string of the molecule is COc1ccc(S/C=C(\c2ccccc2)S(=O)(=O)c2ccccc2)cc1. The predicted molar refractivity (Wildman–Crippen MR) is 107 cm³/mol. The minimum Gasteiger partial charge on any atom is -0.497 e. The first-order chi connectivity index (χ1) is 12.6. The first kappa shape index (κ1) is 18.3. The molecular weight excluding hydrogens is 364 g/mol. The van der Waals surface area contributed by atoms with Crippen molar-refractivity contribution in [1.82, 2.24) is 0 Å². The highest BCUT2D eigenvalue weighted by atomic mass is 32.2. The lowest BCUT2D eigenvalue weighted by molar-refractivity contribution is 0.414. The maximum absolute atomic E-state index is 13.2. The maximum atomic E-state index is 13.2. The van der Waals surface area contributed by atoms with Crippen LogP contribution in [0.4, 0.5) is 0 Å². The van der Waals surface area contributed by atoms with Gasteiger partial charge in [-0.2, -0.15) is 0 Å². The van der Waals surface area contributed by atoms with Gasteiger partial charge in [0.15, 0.2) is 0 Å². The van der Waals surface area contributed by atoms with Gasteiger partial charge in [0.25, 0.3) is 0 Å². The Morgan fingerprint density at radius 2 is 1.42 bits per heavy atom. The summed E-state index contributed by atoms with van der Waals surface area (Å²) in [5, 5.41) is 1.69. The second-order valence-corrected chi connectivity index (χ2v) is 8.32. The van der Waals surface area contributed by atoms with Crippen LogP contribution in [-0.2, 0) is 9.84 Å². The van der Waals surface area contributed by atoms with Crippen LogP contribution in [0.15, 0.2) is 100 Å². The topological polar surface area (TPSA) is 43.4 Å². The molecule has 0 heterocycles. The van der Waals surface area contributed by atoms with Crippen LogP contribution in [0.25, 0.3) is 4.91 Å². The molecule has 132 valence electrons. The highest BCUT2D eigenvalue weighted by Crippen LogP contribution is 2.32. The number of rotatable bonds is 6. The molecule has 0 aliphatic rings. The van der Waals surface area contributed by atoms with Gasteiger partial charge in [0.05, 0.1) is 16.9 Å². The number of sulfone groups is 1. The van der Waals surface area contributed by atoms with Gasteiger partial charge in [0.2, 0.25) is 9.84 Å². The molecule has 0 atom stereocenters. The molecule has 0 spiro atoms. The number of hydrogen-bond donors (Lipinski definition) is 0. The third-order valence-corrected chi connectivity index (χ3v) is 6.64. The Morgan fingerprint density at radius 1 is 0.846 bits per heavy atom. The minimum absolute atomic E-state index is 0.283. The first-order valence-electron chi connectivity index (χ1n) is 7.98. The molecule has 0 aliphatic heterocycles. The van der Waals surface area contributed by atoms with Crippen molar-refractivity contribution in [2.24, 2.45) is 0 Å². The van der Waals surface area contributed by atoms with Gasteiger partial charge < -0.3 is 4.74 Å². The standard InChI is InChI=1S/C21H18O3S2/c1-24-18-12-14-19(15-13-18)25-16-21(17-8-4-2-5-9-17)26(22,23)20-10-6-3-7-11-20/h2-16H,1H3/b21-16+. The summed E-state index contributed by atoms with van der Waals surface area (Å²) in [6.07, 6.45) is 0. The Kier molecular flexibility index (Phi) is 5.81. The fourth-order valence-electron chi connectivity index (χ4n) is 2.39. The van der Waals surface area contributed by atoms with Gasteiger partial charge in [-0.15, -0.1) is 0 Å². The van der Waals surface area contributed by atoms with Crippen molar-refractivity contribution in [1.29, 1.82) is 0 Å². The normalized spacial score (nSPS) is 12.0. The fourth-order valence-corrected chi connectivity index (χ4v) is 4.93. The predicted octanol–water partition coefficient (Wildman–Crippen LogP) is 5.26. The van der Waals surface area contributed by atoms with E-state index in [1.807, 2.05) is 42.5 Å². The van der Waals surface area contributed by atoms with E-state index in [1.165, 1.54) is 11.8 Å². The lowest BCUT2D eigenvalue weighted by atomic mass is 10.2. The van der Waals surface area contributed by atoms with Crippen molar-refractivity contribution in [2.45, 2.75) is 9.79 Å². The monoisotopic (exact) mass is 382 g/mol. The number of benzene rings is 3. The Labute approximate surface area is 158 Å². The number of methoxy groups -OCH3 is 1. The molecule has 0 N–H and O–H groups in total. The second kappa shape index (κ2) is 8.25. The summed E-state index contributed by atoms with van der Waals surface area (Å²) >= 11 is 1.37. The Hall–Kier alpha value is -2.50. The second-order valence-electron chi connectivity index (χ2n) is 5.46. The molecular formula is C21H18O3S2. The van der Waals surface area contributed by atoms with Crippen molar-refractivity contribution >= 4 is 26.5 Å². The van der Waals surface area contributed by atoms with Gasteiger partial charge in [-0.1, -0.05) is 60.3 Å². The van der Waals surface area contributed by atoms with Gasteiger partial charge in [-0.3, -0.25) is 0 Å². The summed E-state index contributed by atoms with van der Waals surface area (Å²) in [7, 11) is -2.01. The van der Waals surface area contributed by atoms with Gasteiger partial charge in [0.1, 0.15) is 5.75 Å². The van der Waals surface area contributed by atoms with Gasteiger partial charge in [-0.05, 0) is 47.4 Å². The van der Waals surface area contributed by atoms with E-state index in [4.69, 9.17) is 4.74 Å². The molecule has 0 aliphatic carbocycles. The molecule has 3 aromatic carbocycles. The molecule has 0 saturated heterocycles. The maximum Gasteiger partial charge on any atom is 0.207 e. The quantitative estimate of drug-likeness (QED) is 0.546. The number of hydrogen-bond acceptors (Lipinski definition) is 4. The van der Waals surface area contributed by atoms with E-state index in [-0.39, 0.29) is 9.80 Å². The molecule has 0 aromatic heterocycles. The first-order valence-corrected chi connectivity index (χ1v) is 10.3. The van der Waals surface area contributed by atoms with Crippen LogP contribution in [0, 0.1) is 0 Å². The van der Waals surface area contributed by atoms with Gasteiger partial charge in [0, 0.05) is 4.90 Å². The summed E-state index contributed by atoms with van der Waals surface area (Å²) in [6, 6.07) is 25.1. The molecule has 26 heavy (non-hydrogen) atoms. The molecule has 0 radical (unpaired) electrons. The largest absolute Gasteiger partial charge is 0.497 e. The third kappa shape index (κ3) is 4.18. The zero-order valence-electron chi connectivity index (χ0n) is 14.2. The van der Waals surface area contributed by atoms with Gasteiger partial charge >= 0.3 is 0 Å². The molecule has 3 nitrogen and oxygen atoms in total. The Balaban J connectivity index is 2.01. The van der Waals surface area contributed by atoms with Crippen molar-refractivity contribution in [3.8, 4) is 5.75 Å². The highest BCUT2D eigenvalue weighted by Gasteiger charge is 2.22. The van der Waals surface area contributed by atoms with Crippen LogP contribution in [0.1, 0.15) is 5.56 Å². The smallest absolute Gasteiger partial charge is 0.207 e. The average Bonchev–Trinajstić information content (AvgIpc) is 2.70. The lowest BCUT2D eigenvalue weighted by Gasteiger charge is -2.10. The van der Waals surface area contributed by atoms with E-state index >= 15 is 0 Å². The number of ether oxygens (including phenoxy) is 1. The third-order valence-electron chi connectivity index (χ3n) is 3.76. The van der Waals surface area contributed by atoms with Crippen molar-refractivity contribution in [2.75, 3.05) is 7.11 Å². The molecule has 3 rings (SSSR count). The average molecular weight is 383 g/mol. The van der Waals surface area contributed by atoms with E-state index in [1.54, 1.807) is 55.0 Å². The van der Waals surface area contributed by atoms with Crippen molar-refractivity contribution in [3.05, 3.63) is 95.9 Å². The van der Waals surface area contributed by atoms with Crippen molar-refractivity contribution < 1.29 is 13.2 Å². The molecule has 5 heteroatoms. The Morgan fingerprint density at radius 3 is 2.00 bits per heavy atom. The molecule has 0 saturated carbocycles.